The molecule has 2 aliphatic rings. The molecule has 0 aliphatic carbocycles. The van der Waals surface area contributed by atoms with Gasteiger partial charge in [0.05, 0.1) is 6.04 Å². The lowest BCUT2D eigenvalue weighted by Crippen LogP contribution is -2.55. The number of halogens is 1. The van der Waals surface area contributed by atoms with Crippen molar-refractivity contribution in [2.45, 2.75) is 31.7 Å². The lowest BCUT2D eigenvalue weighted by atomic mass is 9.89. The van der Waals surface area contributed by atoms with Crippen molar-refractivity contribution in [2.24, 2.45) is 0 Å². The van der Waals surface area contributed by atoms with Gasteiger partial charge in [0.25, 0.3) is 0 Å². The second-order valence-electron chi connectivity index (χ2n) is 9.08. The molecular weight excluding hydrogens is 454 g/mol. The van der Waals surface area contributed by atoms with Crippen molar-refractivity contribution in [3.63, 3.8) is 0 Å². The van der Waals surface area contributed by atoms with E-state index in [1.54, 1.807) is 9.42 Å². The number of nitrogens with zero attached hydrogens (tertiary/aromatic N) is 7. The van der Waals surface area contributed by atoms with Gasteiger partial charge < -0.3 is 14.5 Å². The Morgan fingerprint density at radius 2 is 1.79 bits per heavy atom. The first-order chi connectivity index (χ1) is 16.5. The van der Waals surface area contributed by atoms with Crippen LogP contribution in [0.1, 0.15) is 31.2 Å². The molecular formula is C24H30ClN7O2. The van der Waals surface area contributed by atoms with Crippen molar-refractivity contribution in [3.8, 4) is 5.75 Å². The number of carbonyl (C=O) groups is 1. The summed E-state index contributed by atoms with van der Waals surface area (Å²) < 4.78 is 7.54. The van der Waals surface area contributed by atoms with Crippen LogP contribution in [0.4, 0.5) is 5.82 Å². The lowest BCUT2D eigenvalue weighted by molar-refractivity contribution is -0.139. The monoisotopic (exact) mass is 483 g/mol. The normalized spacial score (nSPS) is 20.3. The molecule has 0 saturated carbocycles. The van der Waals surface area contributed by atoms with E-state index in [2.05, 4.69) is 49.4 Å². The molecule has 1 aromatic carbocycles. The molecule has 0 unspecified atom stereocenters. The molecule has 180 valence electrons. The van der Waals surface area contributed by atoms with Crippen LogP contribution < -0.4 is 9.64 Å². The first-order valence-corrected chi connectivity index (χ1v) is 12.2. The molecule has 0 radical (unpaired) electrons. The van der Waals surface area contributed by atoms with E-state index >= 15 is 0 Å². The summed E-state index contributed by atoms with van der Waals surface area (Å²) in [4.78, 5) is 18.4. The third-order valence-corrected chi connectivity index (χ3v) is 7.27. The Balaban J connectivity index is 1.11. The molecule has 3 aromatic rings. The van der Waals surface area contributed by atoms with Gasteiger partial charge in [0, 0.05) is 39.8 Å². The fraction of sp³-hybridized carbons (Fsp3) is 0.500. The van der Waals surface area contributed by atoms with Gasteiger partial charge in [-0.2, -0.15) is 4.52 Å². The van der Waals surface area contributed by atoms with Crippen LogP contribution in [0, 0.1) is 0 Å². The Kier molecular flexibility index (Phi) is 6.56. The molecule has 9 nitrogen and oxygen atoms in total. The minimum absolute atomic E-state index is 0.0821. The van der Waals surface area contributed by atoms with Gasteiger partial charge in [-0.05, 0) is 67.1 Å². The van der Waals surface area contributed by atoms with Gasteiger partial charge in [0.2, 0.25) is 11.2 Å². The van der Waals surface area contributed by atoms with Crippen molar-refractivity contribution >= 4 is 29.0 Å². The van der Waals surface area contributed by atoms with Crippen LogP contribution in [0.15, 0.2) is 36.4 Å². The molecule has 34 heavy (non-hydrogen) atoms. The third kappa shape index (κ3) is 4.67. The maximum atomic E-state index is 12.1. The summed E-state index contributed by atoms with van der Waals surface area (Å²) in [6.45, 7) is 6.83. The number of hydrogen-bond donors (Lipinski definition) is 0. The van der Waals surface area contributed by atoms with Crippen molar-refractivity contribution in [1.82, 2.24) is 29.6 Å². The molecule has 2 aliphatic heterocycles. The quantitative estimate of drug-likeness (QED) is 0.533. The number of aromatic nitrogens is 4. The van der Waals surface area contributed by atoms with Gasteiger partial charge in [0.1, 0.15) is 18.2 Å². The average Bonchev–Trinajstić information content (AvgIpc) is 3.24. The number of piperazine rings is 1. The predicted octanol–water partition coefficient (Wildman–Crippen LogP) is 2.70. The van der Waals surface area contributed by atoms with E-state index in [1.165, 1.54) is 5.56 Å². The first-order valence-electron chi connectivity index (χ1n) is 11.8. The molecule has 0 bridgehead atoms. The number of fused-ring (bicyclic) bond motifs is 1. The third-order valence-electron chi connectivity index (χ3n) is 7.03. The lowest BCUT2D eigenvalue weighted by Gasteiger charge is -2.37. The summed E-state index contributed by atoms with van der Waals surface area (Å²) in [6, 6.07) is 12.3. The second kappa shape index (κ2) is 9.76. The van der Waals surface area contributed by atoms with Crippen molar-refractivity contribution in [2.75, 3.05) is 51.3 Å². The zero-order chi connectivity index (χ0) is 23.7. The van der Waals surface area contributed by atoms with Gasteiger partial charge in [-0.3, -0.25) is 9.69 Å². The summed E-state index contributed by atoms with van der Waals surface area (Å²) in [6.07, 6.45) is 2.12. The fourth-order valence-electron chi connectivity index (χ4n) is 4.84. The smallest absolute Gasteiger partial charge is 0.246 e. The SMILES string of the molecule is C[C@@H]1C(=O)N(C)CCN1CCOc1ccc(C2CCN(c3ccc4nnc(Cl)n4n3)CC2)cc1. The maximum absolute atomic E-state index is 12.1. The number of carbonyl (C=O) groups excluding carboxylic acids is 1. The standard InChI is InChI=1S/C24H30ClN7O2/c1-17-23(33)29(2)13-14-30(17)15-16-34-20-5-3-18(4-6-20)19-9-11-31(12-10-19)22-8-7-21-26-27-24(25)32(21)28-22/h3-8,17,19H,9-16H2,1-2H3/t17-/m1/s1. The minimum Gasteiger partial charge on any atom is -0.492 e. The van der Waals surface area contributed by atoms with Gasteiger partial charge in [-0.25, -0.2) is 0 Å². The average molecular weight is 484 g/mol. The van der Waals surface area contributed by atoms with Crippen molar-refractivity contribution < 1.29 is 9.53 Å². The first kappa shape index (κ1) is 22.9. The molecule has 10 heteroatoms. The predicted molar refractivity (Wildman–Crippen MR) is 131 cm³/mol. The summed E-state index contributed by atoms with van der Waals surface area (Å²) >= 11 is 6.07. The van der Waals surface area contributed by atoms with Crippen LogP contribution in [-0.4, -0.2) is 87.9 Å². The van der Waals surface area contributed by atoms with Crippen LogP contribution >= 0.6 is 11.6 Å². The molecule has 1 atom stereocenters. The highest BCUT2D eigenvalue weighted by molar-refractivity contribution is 6.28. The largest absolute Gasteiger partial charge is 0.492 e. The Morgan fingerprint density at radius 3 is 2.56 bits per heavy atom. The highest BCUT2D eigenvalue weighted by Gasteiger charge is 2.29. The number of anilines is 1. The number of amides is 1. The number of rotatable bonds is 6. The molecule has 5 rings (SSSR count). The van der Waals surface area contributed by atoms with Crippen LogP contribution in [0.2, 0.25) is 5.28 Å². The molecule has 0 N–H and O–H groups in total. The highest BCUT2D eigenvalue weighted by atomic mass is 35.5. The van der Waals surface area contributed by atoms with Crippen LogP contribution in [0.3, 0.4) is 0 Å². The Morgan fingerprint density at radius 1 is 1.03 bits per heavy atom. The number of piperidine rings is 1. The number of ether oxygens (including phenoxy) is 1. The summed E-state index contributed by atoms with van der Waals surface area (Å²) in [5.74, 6) is 2.47. The summed E-state index contributed by atoms with van der Waals surface area (Å²) in [5.41, 5.74) is 1.99. The zero-order valence-electron chi connectivity index (χ0n) is 19.6. The number of hydrogen-bond acceptors (Lipinski definition) is 7. The van der Waals surface area contributed by atoms with E-state index in [0.29, 0.717) is 18.2 Å². The fourth-order valence-corrected chi connectivity index (χ4v) is 5.01. The summed E-state index contributed by atoms with van der Waals surface area (Å²) in [7, 11) is 1.86. The van der Waals surface area contributed by atoms with E-state index in [4.69, 9.17) is 16.3 Å². The molecule has 0 spiro atoms. The van der Waals surface area contributed by atoms with Crippen molar-refractivity contribution in [1.29, 1.82) is 0 Å². The number of benzene rings is 1. The molecule has 2 aromatic heterocycles. The Hall–Kier alpha value is -2.91. The van der Waals surface area contributed by atoms with Crippen LogP contribution in [-0.2, 0) is 4.79 Å². The van der Waals surface area contributed by atoms with E-state index in [-0.39, 0.29) is 17.2 Å². The van der Waals surface area contributed by atoms with Gasteiger partial charge in [0.15, 0.2) is 5.65 Å². The van der Waals surface area contributed by atoms with Gasteiger partial charge in [-0.15, -0.1) is 15.3 Å². The molecule has 2 saturated heterocycles. The number of likely N-dealkylation sites (N-methyl/N-ethyl adjacent to an activating group) is 1. The van der Waals surface area contributed by atoms with E-state index < -0.39 is 0 Å². The second-order valence-corrected chi connectivity index (χ2v) is 9.42. The van der Waals surface area contributed by atoms with E-state index in [1.807, 2.05) is 26.1 Å². The van der Waals surface area contributed by atoms with Crippen molar-refractivity contribution in [3.05, 3.63) is 47.2 Å². The van der Waals surface area contributed by atoms with E-state index in [0.717, 1.165) is 57.1 Å². The van der Waals surface area contributed by atoms with Crippen LogP contribution in [0.25, 0.3) is 5.65 Å². The molecule has 4 heterocycles. The zero-order valence-corrected chi connectivity index (χ0v) is 20.4. The Labute approximate surface area is 204 Å². The van der Waals surface area contributed by atoms with E-state index in [9.17, 15) is 4.79 Å². The van der Waals surface area contributed by atoms with Crippen LogP contribution in [0.5, 0.6) is 5.75 Å². The highest BCUT2D eigenvalue weighted by Crippen LogP contribution is 2.31. The molecule has 2 fully saturated rings. The maximum Gasteiger partial charge on any atom is 0.246 e. The topological polar surface area (TPSA) is 79.1 Å². The van der Waals surface area contributed by atoms with Gasteiger partial charge in [-0.1, -0.05) is 12.1 Å². The molecule has 1 amide bonds. The summed E-state index contributed by atoms with van der Waals surface area (Å²) in [5, 5.41) is 12.7. The Bertz CT molecular complexity index is 1140. The minimum atomic E-state index is -0.0821. The van der Waals surface area contributed by atoms with Gasteiger partial charge >= 0.3 is 0 Å².